The van der Waals surface area contributed by atoms with E-state index in [0.717, 1.165) is 118 Å². The van der Waals surface area contributed by atoms with E-state index in [1.807, 2.05) is 12.1 Å². The zero-order valence-electron chi connectivity index (χ0n) is 29.0. The second kappa shape index (κ2) is 12.0. The lowest BCUT2D eigenvalue weighted by Gasteiger charge is -2.40. The van der Waals surface area contributed by atoms with E-state index in [0.29, 0.717) is 11.5 Å². The standard InChI is InChI=1S/C42H50O4/c1-9-11-13-15-27-23-33(43)37-29-21-25(3)17-19-31(29)41(5,6)45-39(37)35(27)36-28(16-14-12-10-2)24-34(44)38-30-22-26(4)18-20-32(30)42(7,8)46-40(36)38/h17-24,43-44H,9-16H2,1-8H3. The summed E-state index contributed by atoms with van der Waals surface area (Å²) in [6.45, 7) is 17.1. The quantitative estimate of drug-likeness (QED) is 0.183. The first-order valence-corrected chi connectivity index (χ1v) is 17.3. The minimum Gasteiger partial charge on any atom is -0.507 e. The van der Waals surface area contributed by atoms with E-state index in [1.165, 1.54) is 0 Å². The molecular weight excluding hydrogens is 568 g/mol. The van der Waals surface area contributed by atoms with E-state index < -0.39 is 11.2 Å². The average Bonchev–Trinajstić information content (AvgIpc) is 2.97. The van der Waals surface area contributed by atoms with Crippen LogP contribution in [0.2, 0.25) is 0 Å². The largest absolute Gasteiger partial charge is 0.507 e. The first-order valence-electron chi connectivity index (χ1n) is 17.3. The summed E-state index contributed by atoms with van der Waals surface area (Å²) in [7, 11) is 0. The van der Waals surface area contributed by atoms with Gasteiger partial charge in [0.15, 0.2) is 0 Å². The summed E-state index contributed by atoms with van der Waals surface area (Å²) in [6.07, 6.45) is 8.01. The number of phenolic OH excluding ortho intramolecular Hbond substituents is 2. The van der Waals surface area contributed by atoms with Crippen LogP contribution < -0.4 is 9.47 Å². The van der Waals surface area contributed by atoms with E-state index >= 15 is 0 Å². The maximum atomic E-state index is 11.8. The van der Waals surface area contributed by atoms with E-state index in [9.17, 15) is 10.2 Å². The zero-order chi connectivity index (χ0) is 33.0. The van der Waals surface area contributed by atoms with Crippen molar-refractivity contribution in [3.8, 4) is 56.4 Å². The smallest absolute Gasteiger partial charge is 0.140 e. The Balaban J connectivity index is 1.75. The van der Waals surface area contributed by atoms with Crippen LogP contribution in [0, 0.1) is 13.8 Å². The van der Waals surface area contributed by atoms with Crippen LogP contribution in [0.4, 0.5) is 0 Å². The van der Waals surface area contributed by atoms with Crippen molar-refractivity contribution in [3.05, 3.63) is 81.9 Å². The fraction of sp³-hybridized carbons (Fsp3) is 0.429. The van der Waals surface area contributed by atoms with Crippen LogP contribution in [-0.4, -0.2) is 10.2 Å². The molecule has 46 heavy (non-hydrogen) atoms. The molecule has 4 aromatic carbocycles. The Morgan fingerprint density at radius 1 is 0.543 bits per heavy atom. The van der Waals surface area contributed by atoms with Crippen molar-refractivity contribution in [2.75, 3.05) is 0 Å². The van der Waals surface area contributed by atoms with Crippen molar-refractivity contribution < 1.29 is 19.7 Å². The second-order valence-corrected chi connectivity index (χ2v) is 14.5. The monoisotopic (exact) mass is 618 g/mol. The molecule has 0 bridgehead atoms. The molecule has 0 spiro atoms. The molecule has 0 atom stereocenters. The van der Waals surface area contributed by atoms with Crippen molar-refractivity contribution in [1.29, 1.82) is 0 Å². The van der Waals surface area contributed by atoms with Crippen molar-refractivity contribution in [2.24, 2.45) is 0 Å². The van der Waals surface area contributed by atoms with Crippen molar-refractivity contribution in [1.82, 2.24) is 0 Å². The first-order chi connectivity index (χ1) is 21.9. The SMILES string of the molecule is CCCCCc1cc(O)c2c(c1-c1c(CCCCC)cc(O)c3c1OC(C)(C)c1ccc(C)cc1-3)OC(C)(C)c1ccc(C)cc1-2. The minimum absolute atomic E-state index is 0.245. The highest BCUT2D eigenvalue weighted by Gasteiger charge is 2.41. The number of unbranched alkanes of at least 4 members (excludes halogenated alkanes) is 4. The van der Waals surface area contributed by atoms with Gasteiger partial charge >= 0.3 is 0 Å². The number of ether oxygens (including phenoxy) is 2. The van der Waals surface area contributed by atoms with Gasteiger partial charge in [0.1, 0.15) is 34.2 Å². The molecule has 4 nitrogen and oxygen atoms in total. The van der Waals surface area contributed by atoms with Crippen LogP contribution in [0.25, 0.3) is 33.4 Å². The maximum absolute atomic E-state index is 11.8. The first kappa shape index (κ1) is 32.0. The number of aromatic hydroxyl groups is 2. The van der Waals surface area contributed by atoms with Crippen molar-refractivity contribution in [2.45, 2.75) is 118 Å². The molecule has 0 aromatic heterocycles. The van der Waals surface area contributed by atoms with Gasteiger partial charge in [0.25, 0.3) is 0 Å². The Morgan fingerprint density at radius 3 is 1.30 bits per heavy atom. The Labute approximate surface area is 275 Å². The predicted molar refractivity (Wildman–Crippen MR) is 189 cm³/mol. The summed E-state index contributed by atoms with van der Waals surface area (Å²) >= 11 is 0. The van der Waals surface area contributed by atoms with Gasteiger partial charge in [0.2, 0.25) is 0 Å². The second-order valence-electron chi connectivity index (χ2n) is 14.5. The Kier molecular flexibility index (Phi) is 8.38. The van der Waals surface area contributed by atoms with E-state index in [1.54, 1.807) is 0 Å². The molecule has 2 aliphatic rings. The molecule has 0 unspecified atom stereocenters. The third-order valence-electron chi connectivity index (χ3n) is 9.93. The van der Waals surface area contributed by atoms with Gasteiger partial charge in [-0.15, -0.1) is 0 Å². The molecule has 2 heterocycles. The van der Waals surface area contributed by atoms with Crippen LogP contribution in [-0.2, 0) is 24.0 Å². The Morgan fingerprint density at radius 2 is 0.935 bits per heavy atom. The van der Waals surface area contributed by atoms with Gasteiger partial charge in [-0.25, -0.2) is 0 Å². The normalized spacial score (nSPS) is 15.2. The van der Waals surface area contributed by atoms with E-state index in [-0.39, 0.29) is 11.5 Å². The number of benzene rings is 4. The molecule has 2 N–H and O–H groups in total. The van der Waals surface area contributed by atoms with Crippen LogP contribution in [0.5, 0.6) is 23.0 Å². The number of hydrogen-bond donors (Lipinski definition) is 2. The van der Waals surface area contributed by atoms with Crippen molar-refractivity contribution >= 4 is 0 Å². The summed E-state index contributed by atoms with van der Waals surface area (Å²) < 4.78 is 14.1. The molecule has 0 amide bonds. The number of fused-ring (bicyclic) bond motifs is 6. The van der Waals surface area contributed by atoms with Crippen LogP contribution in [0.15, 0.2) is 48.5 Å². The lowest BCUT2D eigenvalue weighted by molar-refractivity contribution is 0.103. The van der Waals surface area contributed by atoms with Gasteiger partial charge in [0.05, 0.1) is 11.1 Å². The molecule has 0 saturated carbocycles. The van der Waals surface area contributed by atoms with Gasteiger partial charge in [-0.3, -0.25) is 0 Å². The Hall–Kier alpha value is -3.92. The topological polar surface area (TPSA) is 58.9 Å². The zero-order valence-corrected chi connectivity index (χ0v) is 29.0. The maximum Gasteiger partial charge on any atom is 0.140 e. The number of rotatable bonds is 9. The van der Waals surface area contributed by atoms with Gasteiger partial charge in [0, 0.05) is 22.3 Å². The van der Waals surface area contributed by atoms with E-state index in [2.05, 4.69) is 91.8 Å². The molecule has 0 saturated heterocycles. The van der Waals surface area contributed by atoms with Crippen LogP contribution in [0.1, 0.15) is 113 Å². The fourth-order valence-electron chi connectivity index (χ4n) is 7.59. The molecule has 2 aliphatic heterocycles. The molecule has 4 aromatic rings. The lowest BCUT2D eigenvalue weighted by atomic mass is 9.78. The molecule has 0 fully saturated rings. The number of aryl methyl sites for hydroxylation is 4. The molecule has 0 aliphatic carbocycles. The van der Waals surface area contributed by atoms with Gasteiger partial charge in [-0.2, -0.15) is 0 Å². The van der Waals surface area contributed by atoms with Gasteiger partial charge < -0.3 is 19.7 Å². The molecule has 6 rings (SSSR count). The van der Waals surface area contributed by atoms with Gasteiger partial charge in [-0.1, -0.05) is 87.1 Å². The highest BCUT2D eigenvalue weighted by atomic mass is 16.5. The predicted octanol–water partition coefficient (Wildman–Crippen LogP) is 11.4. The molecule has 4 heteroatoms. The summed E-state index contributed by atoms with van der Waals surface area (Å²) in [6, 6.07) is 16.8. The molecule has 242 valence electrons. The van der Waals surface area contributed by atoms with E-state index in [4.69, 9.17) is 9.47 Å². The van der Waals surface area contributed by atoms with Crippen LogP contribution in [0.3, 0.4) is 0 Å². The minimum atomic E-state index is -0.623. The summed E-state index contributed by atoms with van der Waals surface area (Å²) in [5, 5.41) is 23.6. The highest BCUT2D eigenvalue weighted by Crippen LogP contribution is 2.60. The molecular formula is C42H50O4. The Bertz CT molecular complexity index is 1680. The average molecular weight is 619 g/mol. The summed E-state index contributed by atoms with van der Waals surface area (Å²) in [5.41, 5.74) is 10.7. The van der Waals surface area contributed by atoms with Crippen molar-refractivity contribution in [3.63, 3.8) is 0 Å². The number of hydrogen-bond acceptors (Lipinski definition) is 4. The number of phenols is 2. The lowest BCUT2D eigenvalue weighted by Crippen LogP contribution is -2.31. The summed E-state index contributed by atoms with van der Waals surface area (Å²) in [4.78, 5) is 0. The highest BCUT2D eigenvalue weighted by molar-refractivity contribution is 5.98. The molecule has 0 radical (unpaired) electrons. The third kappa shape index (κ3) is 5.44. The fourth-order valence-corrected chi connectivity index (χ4v) is 7.59. The van der Waals surface area contributed by atoms with Crippen LogP contribution >= 0.6 is 0 Å². The summed E-state index contributed by atoms with van der Waals surface area (Å²) in [5.74, 6) is 1.90. The third-order valence-corrected chi connectivity index (χ3v) is 9.93. The van der Waals surface area contributed by atoms with Gasteiger partial charge in [-0.05, 0) is 102 Å².